The van der Waals surface area contributed by atoms with E-state index in [1.165, 1.54) is 0 Å². The quantitative estimate of drug-likeness (QED) is 0.855. The van der Waals surface area contributed by atoms with Crippen molar-refractivity contribution in [2.45, 2.75) is 58.6 Å². The van der Waals surface area contributed by atoms with E-state index in [4.69, 9.17) is 10.5 Å². The lowest BCUT2D eigenvalue weighted by molar-refractivity contribution is -0.130. The van der Waals surface area contributed by atoms with Crippen molar-refractivity contribution < 1.29 is 14.3 Å². The van der Waals surface area contributed by atoms with Gasteiger partial charge >= 0.3 is 6.09 Å². The van der Waals surface area contributed by atoms with Crippen LogP contribution >= 0.6 is 0 Å². The maximum absolute atomic E-state index is 12.3. The number of nitrogens with zero attached hydrogens (tertiary/aromatic N) is 2. The molecule has 6 heteroatoms. The molecule has 1 aliphatic heterocycles. The summed E-state index contributed by atoms with van der Waals surface area (Å²) >= 11 is 0. The fraction of sp³-hybridized carbons (Fsp3) is 0.867. The van der Waals surface area contributed by atoms with Gasteiger partial charge in [0.25, 0.3) is 0 Å². The molecule has 0 unspecified atom stereocenters. The lowest BCUT2D eigenvalue weighted by Gasteiger charge is -2.39. The smallest absolute Gasteiger partial charge is 0.410 e. The normalized spacial score (nSPS) is 19.3. The minimum atomic E-state index is -0.503. The van der Waals surface area contributed by atoms with Crippen LogP contribution in [0.5, 0.6) is 0 Å². The molecule has 2 N–H and O–H groups in total. The molecule has 0 bridgehead atoms. The number of amides is 2. The molecule has 1 rings (SSSR count). The highest BCUT2D eigenvalue weighted by Gasteiger charge is 2.32. The molecule has 1 heterocycles. The fourth-order valence-electron chi connectivity index (χ4n) is 2.54. The molecule has 0 saturated carbocycles. The average Bonchev–Trinajstić information content (AvgIpc) is 2.42. The van der Waals surface area contributed by atoms with Crippen molar-refractivity contribution in [2.75, 3.05) is 26.2 Å². The number of rotatable bonds is 4. The van der Waals surface area contributed by atoms with Crippen LogP contribution < -0.4 is 5.73 Å². The predicted molar refractivity (Wildman–Crippen MR) is 81.9 cm³/mol. The Labute approximate surface area is 127 Å². The van der Waals surface area contributed by atoms with E-state index in [-0.39, 0.29) is 24.6 Å². The third-order valence-electron chi connectivity index (χ3n) is 3.60. The second-order valence-corrected chi connectivity index (χ2v) is 6.46. The molecule has 1 fully saturated rings. The van der Waals surface area contributed by atoms with Gasteiger partial charge in [0, 0.05) is 19.6 Å². The summed E-state index contributed by atoms with van der Waals surface area (Å²) in [4.78, 5) is 27.6. The number of piperidine rings is 1. The molecular formula is C15H29N3O3. The maximum Gasteiger partial charge on any atom is 0.410 e. The summed E-state index contributed by atoms with van der Waals surface area (Å²) in [6.07, 6.45) is 2.65. The zero-order valence-corrected chi connectivity index (χ0v) is 13.7. The number of hydrogen-bond acceptors (Lipinski definition) is 4. The van der Waals surface area contributed by atoms with Crippen LogP contribution in [0, 0.1) is 0 Å². The Morgan fingerprint density at radius 2 is 2.00 bits per heavy atom. The van der Waals surface area contributed by atoms with E-state index in [0.717, 1.165) is 19.3 Å². The van der Waals surface area contributed by atoms with Gasteiger partial charge in [-0.15, -0.1) is 0 Å². The number of likely N-dealkylation sites (tertiary alicyclic amines) is 1. The van der Waals surface area contributed by atoms with Crippen molar-refractivity contribution in [3.63, 3.8) is 0 Å². The van der Waals surface area contributed by atoms with Crippen molar-refractivity contribution in [3.05, 3.63) is 0 Å². The Bertz CT molecular complexity index is 366. The monoisotopic (exact) mass is 299 g/mol. The molecule has 0 aromatic rings. The first kappa shape index (κ1) is 17.8. The molecule has 0 aromatic heterocycles. The van der Waals surface area contributed by atoms with Crippen LogP contribution in [0.3, 0.4) is 0 Å². The van der Waals surface area contributed by atoms with Gasteiger partial charge < -0.3 is 20.3 Å². The molecule has 0 radical (unpaired) electrons. The van der Waals surface area contributed by atoms with Crippen LogP contribution in [0.1, 0.15) is 47.0 Å². The molecule has 122 valence electrons. The zero-order chi connectivity index (χ0) is 16.0. The van der Waals surface area contributed by atoms with Crippen LogP contribution in [0.25, 0.3) is 0 Å². The molecule has 1 saturated heterocycles. The van der Waals surface area contributed by atoms with Crippen LogP contribution in [-0.4, -0.2) is 59.6 Å². The van der Waals surface area contributed by atoms with E-state index in [1.807, 2.05) is 27.7 Å². The van der Waals surface area contributed by atoms with Crippen molar-refractivity contribution in [1.29, 1.82) is 0 Å². The van der Waals surface area contributed by atoms with Gasteiger partial charge in [-0.3, -0.25) is 4.79 Å². The number of ether oxygens (including phenoxy) is 1. The van der Waals surface area contributed by atoms with Crippen molar-refractivity contribution >= 4 is 12.0 Å². The Morgan fingerprint density at radius 1 is 1.33 bits per heavy atom. The minimum Gasteiger partial charge on any atom is -0.444 e. The van der Waals surface area contributed by atoms with Crippen molar-refractivity contribution in [3.8, 4) is 0 Å². The van der Waals surface area contributed by atoms with Gasteiger partial charge in [-0.25, -0.2) is 4.79 Å². The van der Waals surface area contributed by atoms with Crippen LogP contribution in [-0.2, 0) is 9.53 Å². The summed E-state index contributed by atoms with van der Waals surface area (Å²) in [6, 6.07) is 0.0176. The number of nitrogens with two attached hydrogens (primary N) is 1. The standard InChI is InChI=1S/C15H29N3O3/c1-5-17(13(19)10-16)11-12-8-6-7-9-18(12)14(20)21-15(2,3)4/h12H,5-11,16H2,1-4H3/t12-/m0/s1. The molecular weight excluding hydrogens is 270 g/mol. The Kier molecular flexibility index (Phi) is 6.45. The van der Waals surface area contributed by atoms with E-state index in [2.05, 4.69) is 0 Å². The highest BCUT2D eigenvalue weighted by atomic mass is 16.6. The lowest BCUT2D eigenvalue weighted by atomic mass is 10.0. The van der Waals surface area contributed by atoms with Gasteiger partial charge in [-0.1, -0.05) is 0 Å². The maximum atomic E-state index is 12.3. The summed E-state index contributed by atoms with van der Waals surface area (Å²) < 4.78 is 5.47. The number of likely N-dealkylation sites (N-methyl/N-ethyl adjacent to an activating group) is 1. The third-order valence-corrected chi connectivity index (χ3v) is 3.60. The Hall–Kier alpha value is -1.30. The zero-order valence-electron chi connectivity index (χ0n) is 13.7. The van der Waals surface area contributed by atoms with Gasteiger partial charge in [0.05, 0.1) is 12.6 Å². The first-order valence-corrected chi connectivity index (χ1v) is 7.76. The molecule has 6 nitrogen and oxygen atoms in total. The van der Waals surface area contributed by atoms with Gasteiger partial charge in [-0.2, -0.15) is 0 Å². The lowest BCUT2D eigenvalue weighted by Crippen LogP contribution is -2.52. The second-order valence-electron chi connectivity index (χ2n) is 6.46. The second kappa shape index (κ2) is 7.64. The summed E-state index contributed by atoms with van der Waals surface area (Å²) in [5.74, 6) is -0.0767. The summed E-state index contributed by atoms with van der Waals surface area (Å²) in [5.41, 5.74) is 4.93. The SMILES string of the molecule is CCN(C[C@@H]1CCCCN1C(=O)OC(C)(C)C)C(=O)CN. The van der Waals surface area contributed by atoms with Crippen molar-refractivity contribution in [1.82, 2.24) is 9.80 Å². The van der Waals surface area contributed by atoms with E-state index >= 15 is 0 Å². The third kappa shape index (κ3) is 5.53. The molecule has 0 spiro atoms. The number of carbonyl (C=O) groups is 2. The Balaban J connectivity index is 2.72. The largest absolute Gasteiger partial charge is 0.444 e. The van der Waals surface area contributed by atoms with E-state index < -0.39 is 5.60 Å². The summed E-state index contributed by atoms with van der Waals surface area (Å²) in [6.45, 7) is 9.34. The molecule has 0 aromatic carbocycles. The summed E-state index contributed by atoms with van der Waals surface area (Å²) in [5, 5.41) is 0. The highest BCUT2D eigenvalue weighted by molar-refractivity contribution is 5.78. The topological polar surface area (TPSA) is 75.9 Å². The predicted octanol–water partition coefficient (Wildman–Crippen LogP) is 1.58. The van der Waals surface area contributed by atoms with E-state index in [1.54, 1.807) is 9.80 Å². The van der Waals surface area contributed by atoms with Crippen molar-refractivity contribution in [2.24, 2.45) is 5.73 Å². The fourth-order valence-corrected chi connectivity index (χ4v) is 2.54. The molecule has 1 atom stereocenters. The molecule has 1 aliphatic rings. The van der Waals surface area contributed by atoms with Crippen LogP contribution in [0.15, 0.2) is 0 Å². The molecule has 21 heavy (non-hydrogen) atoms. The Morgan fingerprint density at radius 3 is 2.52 bits per heavy atom. The first-order valence-electron chi connectivity index (χ1n) is 7.76. The first-order chi connectivity index (χ1) is 9.78. The average molecular weight is 299 g/mol. The minimum absolute atomic E-state index is 0.00694. The van der Waals surface area contributed by atoms with Gasteiger partial charge in [0.1, 0.15) is 5.60 Å². The highest BCUT2D eigenvalue weighted by Crippen LogP contribution is 2.21. The number of hydrogen-bond donors (Lipinski definition) is 1. The van der Waals surface area contributed by atoms with E-state index in [9.17, 15) is 9.59 Å². The van der Waals surface area contributed by atoms with Crippen LogP contribution in [0.2, 0.25) is 0 Å². The van der Waals surface area contributed by atoms with Gasteiger partial charge in [0.15, 0.2) is 0 Å². The molecule has 0 aliphatic carbocycles. The van der Waals surface area contributed by atoms with E-state index in [0.29, 0.717) is 19.6 Å². The van der Waals surface area contributed by atoms with Gasteiger partial charge in [0.2, 0.25) is 5.91 Å². The molecule has 2 amide bonds. The number of carbonyl (C=O) groups excluding carboxylic acids is 2. The van der Waals surface area contributed by atoms with Gasteiger partial charge in [-0.05, 0) is 47.0 Å². The summed E-state index contributed by atoms with van der Waals surface area (Å²) in [7, 11) is 0. The van der Waals surface area contributed by atoms with Crippen LogP contribution in [0.4, 0.5) is 4.79 Å².